The highest BCUT2D eigenvalue weighted by molar-refractivity contribution is 7.99. The number of ketones is 1. The smallest absolute Gasteiger partial charge is 0.277 e. The molecule has 0 saturated carbocycles. The Morgan fingerprint density at radius 1 is 1.00 bits per heavy atom. The van der Waals surface area contributed by atoms with Gasteiger partial charge in [-0.1, -0.05) is 36.9 Å². The first-order valence-corrected chi connectivity index (χ1v) is 12.7. The molecule has 0 aliphatic rings. The van der Waals surface area contributed by atoms with E-state index in [0.29, 0.717) is 59.3 Å². The number of hydrogen-bond donors (Lipinski definition) is 1. The molecule has 0 unspecified atom stereocenters. The van der Waals surface area contributed by atoms with Crippen molar-refractivity contribution < 1.29 is 23.4 Å². The van der Waals surface area contributed by atoms with E-state index in [1.54, 1.807) is 18.3 Å². The number of ether oxygens (including phenoxy) is 3. The van der Waals surface area contributed by atoms with Gasteiger partial charge in [-0.25, -0.2) is 0 Å². The van der Waals surface area contributed by atoms with E-state index in [1.165, 1.54) is 17.3 Å². The Hall–Kier alpha value is -3.46. The molecule has 0 amide bonds. The Balaban J connectivity index is 1.53. The fourth-order valence-electron chi connectivity index (χ4n) is 3.84. The number of benzene rings is 2. The molecule has 0 atom stereocenters. The van der Waals surface area contributed by atoms with E-state index in [4.69, 9.17) is 18.6 Å². The molecule has 2 aromatic heterocycles. The first-order chi connectivity index (χ1) is 17.1. The summed E-state index contributed by atoms with van der Waals surface area (Å²) < 4.78 is 23.1. The van der Waals surface area contributed by atoms with E-state index in [1.807, 2.05) is 32.9 Å². The fourth-order valence-corrected chi connectivity index (χ4v) is 4.49. The molecule has 0 saturated heterocycles. The van der Waals surface area contributed by atoms with Crippen LogP contribution in [0.15, 0.2) is 46.2 Å². The lowest BCUT2D eigenvalue weighted by atomic mass is 10.1. The topological polar surface area (TPSA) is 99.5 Å². The van der Waals surface area contributed by atoms with Gasteiger partial charge in [0.1, 0.15) is 0 Å². The van der Waals surface area contributed by atoms with Crippen LogP contribution in [0, 0.1) is 0 Å². The molecule has 1 N–H and O–H groups in total. The number of aromatic amines is 1. The molecule has 4 aromatic rings. The van der Waals surface area contributed by atoms with Crippen LogP contribution in [0.1, 0.15) is 43.6 Å². The third kappa shape index (κ3) is 5.30. The highest BCUT2D eigenvalue weighted by Gasteiger charge is 2.20. The second-order valence-corrected chi connectivity index (χ2v) is 8.51. The third-order valence-electron chi connectivity index (χ3n) is 5.37. The molecule has 0 spiro atoms. The Bertz CT molecular complexity index is 1290. The van der Waals surface area contributed by atoms with Gasteiger partial charge in [-0.05, 0) is 44.9 Å². The van der Waals surface area contributed by atoms with Gasteiger partial charge in [-0.2, -0.15) is 0 Å². The minimum atomic E-state index is -0.00687. The van der Waals surface area contributed by atoms with Gasteiger partial charge in [0, 0.05) is 28.2 Å². The molecule has 4 rings (SSSR count). The summed E-state index contributed by atoms with van der Waals surface area (Å²) in [6, 6.07) is 9.60. The third-order valence-corrected chi connectivity index (χ3v) is 6.19. The second kappa shape index (κ2) is 11.3. The van der Waals surface area contributed by atoms with E-state index in [0.717, 1.165) is 17.3 Å². The minimum Gasteiger partial charge on any atom is -0.490 e. The van der Waals surface area contributed by atoms with Crippen LogP contribution >= 0.6 is 11.8 Å². The molecular formula is C26H29N3O5S. The van der Waals surface area contributed by atoms with Crippen LogP contribution < -0.4 is 14.2 Å². The number of H-pyrrole nitrogens is 1. The molecule has 2 heterocycles. The van der Waals surface area contributed by atoms with Crippen molar-refractivity contribution in [1.29, 1.82) is 0 Å². The van der Waals surface area contributed by atoms with Crippen LogP contribution in [0.5, 0.6) is 17.2 Å². The summed E-state index contributed by atoms with van der Waals surface area (Å²) in [5.74, 6) is 2.12. The number of hydrogen-bond acceptors (Lipinski definition) is 8. The highest BCUT2D eigenvalue weighted by atomic mass is 32.2. The van der Waals surface area contributed by atoms with Gasteiger partial charge in [0.25, 0.3) is 5.22 Å². The SMILES string of the molecule is CCOc1cc(-c2nnc(SCC(=O)c3c[nH]c4c(CC)cccc34)o2)cc(OCC)c1OCC. The number of carbonyl (C=O) groups excluding carboxylic acids is 1. The maximum atomic E-state index is 12.9. The van der Waals surface area contributed by atoms with Crippen molar-refractivity contribution in [3.05, 3.63) is 47.7 Å². The minimum absolute atomic E-state index is 0.00687. The van der Waals surface area contributed by atoms with Crippen molar-refractivity contribution in [1.82, 2.24) is 15.2 Å². The number of para-hydroxylation sites is 1. The summed E-state index contributed by atoms with van der Waals surface area (Å²) in [7, 11) is 0. The normalized spacial score (nSPS) is 11.1. The summed E-state index contributed by atoms with van der Waals surface area (Å²) in [6.07, 6.45) is 2.67. The molecule has 0 radical (unpaired) electrons. The van der Waals surface area contributed by atoms with Crippen LogP contribution in [-0.4, -0.2) is 46.5 Å². The largest absolute Gasteiger partial charge is 0.490 e. The molecule has 0 aliphatic heterocycles. The summed E-state index contributed by atoms with van der Waals surface area (Å²) in [5.41, 5.74) is 3.50. The highest BCUT2D eigenvalue weighted by Crippen LogP contribution is 2.42. The van der Waals surface area contributed by atoms with Crippen molar-refractivity contribution in [3.63, 3.8) is 0 Å². The zero-order chi connectivity index (χ0) is 24.8. The number of aromatic nitrogens is 3. The van der Waals surface area contributed by atoms with Crippen LogP contribution in [0.2, 0.25) is 0 Å². The van der Waals surface area contributed by atoms with Crippen LogP contribution in [0.3, 0.4) is 0 Å². The maximum Gasteiger partial charge on any atom is 0.277 e. The van der Waals surface area contributed by atoms with Crippen molar-refractivity contribution in [2.24, 2.45) is 0 Å². The monoisotopic (exact) mass is 495 g/mol. The number of fused-ring (bicyclic) bond motifs is 1. The molecule has 9 heteroatoms. The predicted octanol–water partition coefficient (Wildman–Crippen LogP) is 5.95. The Morgan fingerprint density at radius 3 is 2.37 bits per heavy atom. The Morgan fingerprint density at radius 2 is 1.71 bits per heavy atom. The second-order valence-electron chi connectivity index (χ2n) is 7.58. The predicted molar refractivity (Wildman–Crippen MR) is 136 cm³/mol. The average Bonchev–Trinajstić information content (AvgIpc) is 3.52. The van der Waals surface area contributed by atoms with Gasteiger partial charge >= 0.3 is 0 Å². The van der Waals surface area contributed by atoms with Gasteiger partial charge in [-0.3, -0.25) is 4.79 Å². The first kappa shape index (κ1) is 24.7. The Labute approximate surface area is 208 Å². The number of nitrogens with zero attached hydrogens (tertiary/aromatic N) is 2. The van der Waals surface area contributed by atoms with E-state index >= 15 is 0 Å². The molecule has 0 aliphatic carbocycles. The van der Waals surface area contributed by atoms with Crippen LogP contribution in [0.4, 0.5) is 0 Å². The lowest BCUT2D eigenvalue weighted by Gasteiger charge is -2.16. The van der Waals surface area contributed by atoms with Crippen molar-refractivity contribution in [3.8, 4) is 28.7 Å². The van der Waals surface area contributed by atoms with Crippen LogP contribution in [0.25, 0.3) is 22.4 Å². The van der Waals surface area contributed by atoms with Gasteiger partial charge in [0.05, 0.1) is 25.6 Å². The van der Waals surface area contributed by atoms with Gasteiger partial charge in [-0.15, -0.1) is 10.2 Å². The Kier molecular flexibility index (Phi) is 7.97. The molecule has 8 nitrogen and oxygen atoms in total. The van der Waals surface area contributed by atoms with E-state index in [9.17, 15) is 4.79 Å². The van der Waals surface area contributed by atoms with Crippen molar-refractivity contribution in [2.45, 2.75) is 39.3 Å². The fraction of sp³-hybridized carbons (Fsp3) is 0.346. The zero-order valence-corrected chi connectivity index (χ0v) is 21.2. The van der Waals surface area contributed by atoms with E-state index in [2.05, 4.69) is 28.2 Å². The molecule has 2 aromatic carbocycles. The summed E-state index contributed by atoms with van der Waals surface area (Å²) in [4.78, 5) is 16.2. The van der Waals surface area contributed by atoms with Gasteiger partial charge < -0.3 is 23.6 Å². The molecule has 35 heavy (non-hydrogen) atoms. The average molecular weight is 496 g/mol. The van der Waals surface area contributed by atoms with Crippen molar-refractivity contribution >= 4 is 28.4 Å². The molecule has 0 fully saturated rings. The molecular weight excluding hydrogens is 466 g/mol. The quantitative estimate of drug-likeness (QED) is 0.190. The number of carbonyl (C=O) groups is 1. The molecule has 184 valence electrons. The zero-order valence-electron chi connectivity index (χ0n) is 20.3. The molecule has 0 bridgehead atoms. The number of aryl methyl sites for hydroxylation is 1. The number of thioether (sulfide) groups is 1. The first-order valence-electron chi connectivity index (χ1n) is 11.7. The lowest BCUT2D eigenvalue weighted by molar-refractivity contribution is 0.102. The van der Waals surface area contributed by atoms with Crippen molar-refractivity contribution in [2.75, 3.05) is 25.6 Å². The number of rotatable bonds is 12. The van der Waals surface area contributed by atoms with Gasteiger partial charge in [0.15, 0.2) is 17.3 Å². The number of Topliss-reactive ketones (excluding diaryl/α,β-unsaturated/α-hetero) is 1. The standard InChI is InChI=1S/C26H29N3O5S/c1-5-16-10-9-11-18-19(14-27-23(16)18)20(30)15-35-26-29-28-25(34-26)17-12-21(31-6-2)24(33-8-4)22(13-17)32-7-3/h9-14,27H,5-8,15H2,1-4H3. The summed E-state index contributed by atoms with van der Waals surface area (Å²) >= 11 is 1.21. The van der Waals surface area contributed by atoms with E-state index in [-0.39, 0.29) is 11.5 Å². The lowest BCUT2D eigenvalue weighted by Crippen LogP contribution is -2.03. The van der Waals surface area contributed by atoms with Gasteiger partial charge in [0.2, 0.25) is 11.6 Å². The van der Waals surface area contributed by atoms with Crippen LogP contribution in [-0.2, 0) is 6.42 Å². The van der Waals surface area contributed by atoms with E-state index < -0.39 is 0 Å². The summed E-state index contributed by atoms with van der Waals surface area (Å²) in [6.45, 7) is 9.22. The maximum absolute atomic E-state index is 12.9. The number of nitrogens with one attached hydrogen (secondary N) is 1. The summed E-state index contributed by atoms with van der Waals surface area (Å²) in [5, 5.41) is 9.54.